The first-order chi connectivity index (χ1) is 7.54. The standard InChI is InChI=1S/C14H23NO/c1-10(2)9-12-5-7-13(8-6-12)14(16)11(3)15-4/h5-8,10-11,14-16H,9H2,1-4H3. The highest BCUT2D eigenvalue weighted by Gasteiger charge is 2.13. The van der Waals surface area contributed by atoms with Crippen molar-refractivity contribution in [3.63, 3.8) is 0 Å². The maximum atomic E-state index is 10.00. The zero-order chi connectivity index (χ0) is 12.1. The zero-order valence-electron chi connectivity index (χ0n) is 10.7. The van der Waals surface area contributed by atoms with Crippen LogP contribution >= 0.6 is 0 Å². The van der Waals surface area contributed by atoms with Crippen molar-refractivity contribution < 1.29 is 5.11 Å². The van der Waals surface area contributed by atoms with E-state index in [0.717, 1.165) is 12.0 Å². The van der Waals surface area contributed by atoms with Gasteiger partial charge in [-0.05, 0) is 37.4 Å². The van der Waals surface area contributed by atoms with Crippen molar-refractivity contribution in [2.75, 3.05) is 7.05 Å². The van der Waals surface area contributed by atoms with E-state index in [-0.39, 0.29) is 6.04 Å². The fourth-order valence-corrected chi connectivity index (χ4v) is 1.77. The number of aliphatic hydroxyl groups is 1. The van der Waals surface area contributed by atoms with E-state index < -0.39 is 6.10 Å². The van der Waals surface area contributed by atoms with Gasteiger partial charge in [-0.1, -0.05) is 38.1 Å². The molecule has 0 bridgehead atoms. The first kappa shape index (κ1) is 13.2. The van der Waals surface area contributed by atoms with E-state index >= 15 is 0 Å². The highest BCUT2D eigenvalue weighted by molar-refractivity contribution is 5.25. The molecule has 0 spiro atoms. The van der Waals surface area contributed by atoms with Crippen molar-refractivity contribution in [2.24, 2.45) is 5.92 Å². The van der Waals surface area contributed by atoms with Crippen molar-refractivity contribution in [1.82, 2.24) is 5.32 Å². The summed E-state index contributed by atoms with van der Waals surface area (Å²) >= 11 is 0. The van der Waals surface area contributed by atoms with Gasteiger partial charge in [-0.2, -0.15) is 0 Å². The molecule has 0 heterocycles. The van der Waals surface area contributed by atoms with E-state index in [4.69, 9.17) is 0 Å². The highest BCUT2D eigenvalue weighted by Crippen LogP contribution is 2.18. The molecule has 2 N–H and O–H groups in total. The van der Waals surface area contributed by atoms with Crippen LogP contribution in [0.2, 0.25) is 0 Å². The predicted molar refractivity (Wildman–Crippen MR) is 68.5 cm³/mol. The van der Waals surface area contributed by atoms with Crippen molar-refractivity contribution in [2.45, 2.75) is 39.3 Å². The molecule has 0 aliphatic carbocycles. The number of likely N-dealkylation sites (N-methyl/N-ethyl adjacent to an activating group) is 1. The Hall–Kier alpha value is -0.860. The van der Waals surface area contributed by atoms with E-state index in [1.54, 1.807) is 0 Å². The minimum atomic E-state index is -0.432. The van der Waals surface area contributed by atoms with Crippen LogP contribution in [0.25, 0.3) is 0 Å². The second-order valence-corrected chi connectivity index (χ2v) is 4.86. The van der Waals surface area contributed by atoms with Gasteiger partial charge in [0.1, 0.15) is 0 Å². The molecule has 0 saturated carbocycles. The lowest BCUT2D eigenvalue weighted by Gasteiger charge is -2.18. The van der Waals surface area contributed by atoms with E-state index in [0.29, 0.717) is 5.92 Å². The number of nitrogens with one attached hydrogen (secondary N) is 1. The van der Waals surface area contributed by atoms with Crippen LogP contribution in [-0.4, -0.2) is 18.2 Å². The number of hydrogen-bond donors (Lipinski definition) is 2. The Balaban J connectivity index is 2.70. The highest BCUT2D eigenvalue weighted by atomic mass is 16.3. The van der Waals surface area contributed by atoms with Gasteiger partial charge < -0.3 is 10.4 Å². The maximum absolute atomic E-state index is 10.00. The molecule has 0 amide bonds. The Kier molecular flexibility index (Phi) is 4.97. The average Bonchev–Trinajstić information content (AvgIpc) is 2.27. The third kappa shape index (κ3) is 3.62. The molecule has 1 rings (SSSR count). The number of hydrogen-bond acceptors (Lipinski definition) is 2. The molecule has 0 radical (unpaired) electrons. The fourth-order valence-electron chi connectivity index (χ4n) is 1.77. The molecule has 2 unspecified atom stereocenters. The predicted octanol–water partition coefficient (Wildman–Crippen LogP) is 2.53. The third-order valence-corrected chi connectivity index (χ3v) is 2.89. The Bertz CT molecular complexity index is 305. The summed E-state index contributed by atoms with van der Waals surface area (Å²) in [7, 11) is 1.86. The summed E-state index contributed by atoms with van der Waals surface area (Å²) in [5.41, 5.74) is 2.32. The van der Waals surface area contributed by atoms with Gasteiger partial charge in [0.05, 0.1) is 6.10 Å². The molecular weight excluding hydrogens is 198 g/mol. The van der Waals surface area contributed by atoms with Gasteiger partial charge in [-0.3, -0.25) is 0 Å². The minimum Gasteiger partial charge on any atom is -0.387 e. The molecule has 16 heavy (non-hydrogen) atoms. The Morgan fingerprint density at radius 2 is 1.69 bits per heavy atom. The molecule has 1 aromatic rings. The molecule has 0 saturated heterocycles. The fraction of sp³-hybridized carbons (Fsp3) is 0.571. The van der Waals surface area contributed by atoms with E-state index in [1.165, 1.54) is 5.56 Å². The van der Waals surface area contributed by atoms with Crippen LogP contribution in [0, 0.1) is 5.92 Å². The first-order valence-electron chi connectivity index (χ1n) is 5.98. The molecule has 0 fully saturated rings. The van der Waals surface area contributed by atoms with Crippen LogP contribution < -0.4 is 5.32 Å². The largest absolute Gasteiger partial charge is 0.387 e. The Morgan fingerprint density at radius 3 is 2.12 bits per heavy atom. The van der Waals surface area contributed by atoms with Crippen LogP contribution in [0.15, 0.2) is 24.3 Å². The molecule has 1 aromatic carbocycles. The minimum absolute atomic E-state index is 0.0796. The summed E-state index contributed by atoms with van der Waals surface area (Å²) in [5, 5.41) is 13.1. The van der Waals surface area contributed by atoms with Crippen molar-refractivity contribution in [3.8, 4) is 0 Å². The van der Waals surface area contributed by atoms with Gasteiger partial charge in [0.25, 0.3) is 0 Å². The lowest BCUT2D eigenvalue weighted by atomic mass is 9.98. The molecule has 2 nitrogen and oxygen atoms in total. The van der Waals surface area contributed by atoms with Crippen LogP contribution in [0.5, 0.6) is 0 Å². The van der Waals surface area contributed by atoms with Gasteiger partial charge in [0.15, 0.2) is 0 Å². The van der Waals surface area contributed by atoms with Crippen molar-refractivity contribution in [3.05, 3.63) is 35.4 Å². The first-order valence-corrected chi connectivity index (χ1v) is 5.98. The molecule has 2 atom stereocenters. The normalized spacial score (nSPS) is 15.1. The number of aliphatic hydroxyl groups excluding tert-OH is 1. The Labute approximate surface area is 98.7 Å². The number of benzene rings is 1. The molecule has 0 aliphatic rings. The quantitative estimate of drug-likeness (QED) is 0.801. The molecule has 0 aliphatic heterocycles. The van der Waals surface area contributed by atoms with Crippen LogP contribution in [0.3, 0.4) is 0 Å². The summed E-state index contributed by atoms with van der Waals surface area (Å²) in [6.07, 6.45) is 0.663. The lowest BCUT2D eigenvalue weighted by molar-refractivity contribution is 0.140. The summed E-state index contributed by atoms with van der Waals surface area (Å²) in [6, 6.07) is 8.35. The van der Waals surface area contributed by atoms with E-state index in [9.17, 15) is 5.11 Å². The zero-order valence-corrected chi connectivity index (χ0v) is 10.7. The van der Waals surface area contributed by atoms with Crippen LogP contribution in [-0.2, 0) is 6.42 Å². The van der Waals surface area contributed by atoms with Crippen molar-refractivity contribution in [1.29, 1.82) is 0 Å². The lowest BCUT2D eigenvalue weighted by Crippen LogP contribution is -2.28. The monoisotopic (exact) mass is 221 g/mol. The Morgan fingerprint density at radius 1 is 1.12 bits per heavy atom. The third-order valence-electron chi connectivity index (χ3n) is 2.89. The second kappa shape index (κ2) is 6.02. The average molecular weight is 221 g/mol. The van der Waals surface area contributed by atoms with Crippen LogP contribution in [0.1, 0.15) is 38.0 Å². The summed E-state index contributed by atoms with van der Waals surface area (Å²) in [6.45, 7) is 6.41. The smallest absolute Gasteiger partial charge is 0.0940 e. The van der Waals surface area contributed by atoms with E-state index in [1.807, 2.05) is 26.1 Å². The van der Waals surface area contributed by atoms with Gasteiger partial charge in [0.2, 0.25) is 0 Å². The SMILES string of the molecule is CNC(C)C(O)c1ccc(CC(C)C)cc1. The van der Waals surface area contributed by atoms with E-state index in [2.05, 4.69) is 31.3 Å². The second-order valence-electron chi connectivity index (χ2n) is 4.86. The van der Waals surface area contributed by atoms with Crippen LogP contribution in [0.4, 0.5) is 0 Å². The topological polar surface area (TPSA) is 32.3 Å². The number of rotatable bonds is 5. The summed E-state index contributed by atoms with van der Waals surface area (Å²) in [4.78, 5) is 0. The van der Waals surface area contributed by atoms with Gasteiger partial charge in [0, 0.05) is 6.04 Å². The van der Waals surface area contributed by atoms with Gasteiger partial charge >= 0.3 is 0 Å². The maximum Gasteiger partial charge on any atom is 0.0940 e. The molecule has 2 heteroatoms. The molecule has 0 aromatic heterocycles. The summed E-state index contributed by atoms with van der Waals surface area (Å²) < 4.78 is 0. The summed E-state index contributed by atoms with van der Waals surface area (Å²) in [5.74, 6) is 0.673. The van der Waals surface area contributed by atoms with Crippen molar-refractivity contribution >= 4 is 0 Å². The van der Waals surface area contributed by atoms with Gasteiger partial charge in [-0.15, -0.1) is 0 Å². The van der Waals surface area contributed by atoms with Gasteiger partial charge in [-0.25, -0.2) is 0 Å². The molecular formula is C14H23NO. The molecule has 90 valence electrons.